The fourth-order valence-electron chi connectivity index (χ4n) is 4.50. The summed E-state index contributed by atoms with van der Waals surface area (Å²) >= 11 is 3.53. The van der Waals surface area contributed by atoms with Gasteiger partial charge in [-0.15, -0.1) is 0 Å². The lowest BCUT2D eigenvalue weighted by Crippen LogP contribution is -2.43. The number of pyridine rings is 1. The first-order chi connectivity index (χ1) is 18.9. The maximum Gasteiger partial charge on any atom is 0.411 e. The smallest absolute Gasteiger partial charge is 0.411 e. The summed E-state index contributed by atoms with van der Waals surface area (Å²) in [4.78, 5) is 37.5. The number of carbonyl (C=O) groups is 3. The predicted molar refractivity (Wildman–Crippen MR) is 154 cm³/mol. The van der Waals surface area contributed by atoms with Gasteiger partial charge in [0.05, 0.1) is 28.7 Å². The number of carbonyl (C=O) groups excluding carboxylic acids is 3. The highest BCUT2D eigenvalue weighted by atomic mass is 79.9. The van der Waals surface area contributed by atoms with Gasteiger partial charge in [0.25, 0.3) is 5.69 Å². The van der Waals surface area contributed by atoms with Crippen LogP contribution in [-0.4, -0.2) is 31.1 Å². The van der Waals surface area contributed by atoms with E-state index >= 15 is 0 Å². The fraction of sp³-hybridized carbons (Fsp3) is 0.200. The molecule has 9 heteroatoms. The number of anilines is 1. The van der Waals surface area contributed by atoms with E-state index in [1.54, 1.807) is 6.07 Å². The number of hydrogen-bond acceptors (Lipinski definition) is 4. The molecule has 0 bridgehead atoms. The number of amides is 3. The Morgan fingerprint density at radius 3 is 2.51 bits per heavy atom. The summed E-state index contributed by atoms with van der Waals surface area (Å²) in [6.45, 7) is 2.82. The Balaban J connectivity index is 1.37. The number of benzene rings is 3. The summed E-state index contributed by atoms with van der Waals surface area (Å²) in [7, 11) is 0. The highest BCUT2D eigenvalue weighted by Crippen LogP contribution is 2.29. The highest BCUT2D eigenvalue weighted by Gasteiger charge is 2.25. The van der Waals surface area contributed by atoms with E-state index in [0.29, 0.717) is 23.5 Å². The number of ether oxygens (including phenoxy) is 1. The summed E-state index contributed by atoms with van der Waals surface area (Å²) in [6, 6.07) is 22.6. The van der Waals surface area contributed by atoms with E-state index in [-0.39, 0.29) is 25.5 Å². The molecule has 200 valence electrons. The minimum atomic E-state index is -0.597. The molecule has 4 N–H and O–H groups in total. The molecule has 3 aromatic carbocycles. The van der Waals surface area contributed by atoms with E-state index in [1.807, 2.05) is 84.4 Å². The number of nitrogens with zero attached hydrogens (tertiary/aromatic N) is 1. The van der Waals surface area contributed by atoms with Gasteiger partial charge in [-0.25, -0.2) is 4.79 Å². The summed E-state index contributed by atoms with van der Waals surface area (Å²) in [5.41, 5.74) is 8.95. The SMILES string of the molecule is CCC[n+]1cc(Br)cc(-c2ccccc2CC(=O)NCCOC(=O)Nc2cccc3ccccc23)c1C(N)=O. The van der Waals surface area contributed by atoms with Crippen molar-refractivity contribution in [2.24, 2.45) is 5.73 Å². The second kappa shape index (κ2) is 13.0. The first-order valence-electron chi connectivity index (χ1n) is 12.7. The number of rotatable bonds is 10. The molecule has 0 radical (unpaired) electrons. The van der Waals surface area contributed by atoms with Crippen molar-refractivity contribution < 1.29 is 23.7 Å². The van der Waals surface area contributed by atoms with Crippen LogP contribution < -0.4 is 20.9 Å². The van der Waals surface area contributed by atoms with Crippen LogP contribution in [0, 0.1) is 0 Å². The molecule has 0 saturated heterocycles. The number of nitrogens with one attached hydrogen (secondary N) is 2. The highest BCUT2D eigenvalue weighted by molar-refractivity contribution is 9.10. The third kappa shape index (κ3) is 7.00. The molecule has 0 aliphatic rings. The standard InChI is InChI=1S/C30H29BrN4O4/c1-2-15-35-19-22(31)18-25(28(35)29(32)37)23-11-5-4-9-21(23)17-27(36)33-14-16-39-30(38)34-26-13-7-10-20-8-3-6-12-24(20)26/h3-13,18-19H,2,14-17H2,1H3,(H3-,32,33,34,36,37,38)/p+1. The number of fused-ring (bicyclic) bond motifs is 1. The quantitative estimate of drug-likeness (QED) is 0.179. The number of primary amides is 1. The number of halogens is 1. The number of aryl methyl sites for hydroxylation is 1. The largest absolute Gasteiger partial charge is 0.447 e. The molecule has 0 aliphatic carbocycles. The van der Waals surface area contributed by atoms with Gasteiger partial charge in [-0.05, 0) is 44.6 Å². The lowest BCUT2D eigenvalue weighted by Gasteiger charge is -2.13. The Labute approximate surface area is 235 Å². The van der Waals surface area contributed by atoms with E-state index in [1.165, 1.54) is 0 Å². The molecule has 0 aliphatic heterocycles. The van der Waals surface area contributed by atoms with Crippen LogP contribution >= 0.6 is 15.9 Å². The molecule has 1 aromatic heterocycles. The molecule has 0 saturated carbocycles. The zero-order valence-electron chi connectivity index (χ0n) is 21.6. The zero-order valence-corrected chi connectivity index (χ0v) is 23.2. The Hall–Kier alpha value is -4.24. The molecule has 0 fully saturated rings. The fourth-order valence-corrected chi connectivity index (χ4v) is 4.97. The van der Waals surface area contributed by atoms with Gasteiger partial charge < -0.3 is 15.8 Å². The van der Waals surface area contributed by atoms with Gasteiger partial charge in [0.15, 0.2) is 6.20 Å². The van der Waals surface area contributed by atoms with Crippen LogP contribution in [0.1, 0.15) is 29.4 Å². The van der Waals surface area contributed by atoms with E-state index in [4.69, 9.17) is 10.5 Å². The van der Waals surface area contributed by atoms with Gasteiger partial charge >= 0.3 is 12.0 Å². The maximum absolute atomic E-state index is 12.8. The molecule has 0 spiro atoms. The minimum absolute atomic E-state index is 0.0124. The van der Waals surface area contributed by atoms with Gasteiger partial charge in [-0.3, -0.25) is 14.9 Å². The Bertz CT molecular complexity index is 1520. The second-order valence-corrected chi connectivity index (χ2v) is 9.87. The molecule has 1 heterocycles. The van der Waals surface area contributed by atoms with Crippen LogP contribution in [0.3, 0.4) is 0 Å². The van der Waals surface area contributed by atoms with Gasteiger partial charge in [-0.2, -0.15) is 4.57 Å². The third-order valence-corrected chi connectivity index (χ3v) is 6.58. The molecule has 0 atom stereocenters. The molecular weight excluding hydrogens is 560 g/mol. The van der Waals surface area contributed by atoms with Crippen LogP contribution in [0.15, 0.2) is 83.5 Å². The van der Waals surface area contributed by atoms with E-state index in [2.05, 4.69) is 26.6 Å². The molecule has 4 aromatic rings. The van der Waals surface area contributed by atoms with E-state index < -0.39 is 12.0 Å². The monoisotopic (exact) mass is 589 g/mol. The number of nitrogens with two attached hydrogens (primary N) is 1. The molecular formula is C30H30BrN4O4+. The lowest BCUT2D eigenvalue weighted by molar-refractivity contribution is -0.698. The molecule has 3 amide bonds. The Morgan fingerprint density at radius 1 is 0.974 bits per heavy atom. The van der Waals surface area contributed by atoms with E-state index in [0.717, 1.165) is 32.8 Å². The van der Waals surface area contributed by atoms with Gasteiger partial charge in [0.1, 0.15) is 13.2 Å². The van der Waals surface area contributed by atoms with Crippen molar-refractivity contribution in [3.63, 3.8) is 0 Å². The number of hydrogen-bond donors (Lipinski definition) is 3. The van der Waals surface area contributed by atoms with Crippen molar-refractivity contribution in [2.75, 3.05) is 18.5 Å². The normalized spacial score (nSPS) is 10.7. The topological polar surface area (TPSA) is 114 Å². The predicted octanol–water partition coefficient (Wildman–Crippen LogP) is 4.97. The molecule has 0 unspecified atom stereocenters. The van der Waals surface area contributed by atoms with Crippen LogP contribution in [-0.2, 0) is 22.5 Å². The first kappa shape index (κ1) is 27.8. The van der Waals surface area contributed by atoms with Crippen molar-refractivity contribution in [1.29, 1.82) is 0 Å². The van der Waals surface area contributed by atoms with Crippen LogP contribution in [0.4, 0.5) is 10.5 Å². The van der Waals surface area contributed by atoms with Gasteiger partial charge in [0.2, 0.25) is 5.91 Å². The zero-order chi connectivity index (χ0) is 27.8. The molecule has 4 rings (SSSR count). The number of aromatic nitrogens is 1. The van der Waals surface area contributed by atoms with Crippen molar-refractivity contribution >= 4 is 50.3 Å². The van der Waals surface area contributed by atoms with Crippen LogP contribution in [0.5, 0.6) is 0 Å². The summed E-state index contributed by atoms with van der Waals surface area (Å²) in [6.07, 6.45) is 2.14. The summed E-state index contributed by atoms with van der Waals surface area (Å²) in [5.74, 6) is -0.776. The first-order valence-corrected chi connectivity index (χ1v) is 13.5. The molecule has 8 nitrogen and oxygen atoms in total. The minimum Gasteiger partial charge on any atom is -0.447 e. The van der Waals surface area contributed by atoms with Crippen molar-refractivity contribution in [1.82, 2.24) is 5.32 Å². The second-order valence-electron chi connectivity index (χ2n) is 8.95. The summed E-state index contributed by atoms with van der Waals surface area (Å²) in [5, 5.41) is 7.46. The van der Waals surface area contributed by atoms with Gasteiger partial charge in [0, 0.05) is 11.8 Å². The maximum atomic E-state index is 12.8. The Kier molecular flexibility index (Phi) is 9.27. The average Bonchev–Trinajstić information content (AvgIpc) is 2.91. The van der Waals surface area contributed by atoms with E-state index in [9.17, 15) is 14.4 Å². The Morgan fingerprint density at radius 2 is 1.72 bits per heavy atom. The van der Waals surface area contributed by atoms with Crippen LogP contribution in [0.25, 0.3) is 21.9 Å². The van der Waals surface area contributed by atoms with Crippen molar-refractivity contribution in [3.8, 4) is 11.1 Å². The third-order valence-electron chi connectivity index (χ3n) is 6.14. The van der Waals surface area contributed by atoms with Gasteiger partial charge in [-0.1, -0.05) is 67.6 Å². The lowest BCUT2D eigenvalue weighted by atomic mass is 9.95. The van der Waals surface area contributed by atoms with Crippen molar-refractivity contribution in [3.05, 3.63) is 94.7 Å². The average molecular weight is 590 g/mol. The summed E-state index contributed by atoms with van der Waals surface area (Å²) < 4.78 is 7.89. The van der Waals surface area contributed by atoms with Crippen molar-refractivity contribution in [2.45, 2.75) is 26.3 Å². The molecule has 39 heavy (non-hydrogen) atoms. The van der Waals surface area contributed by atoms with Crippen LogP contribution in [0.2, 0.25) is 0 Å².